The maximum absolute atomic E-state index is 15.8. The number of aromatic nitrogens is 1. The fourth-order valence-electron chi connectivity index (χ4n) is 8.34. The van der Waals surface area contributed by atoms with E-state index in [0.29, 0.717) is 41.4 Å². The molecule has 0 saturated carbocycles. The van der Waals surface area contributed by atoms with Crippen LogP contribution in [-0.2, 0) is 25.4 Å². The van der Waals surface area contributed by atoms with Gasteiger partial charge < -0.3 is 38.4 Å². The average molecular weight is 658 g/mol. The SMILES string of the molecule is COc1cc(C)cc2c1C(=O)C1[C@@H](O)C3C=CC1(Cc1cc(O)c4c(-c5c(F)ccc(OC)c5C5OCCO5)noc4c13)[C@H]2OC(C)=O. The number of Topliss-reactive ketones (excluding diaryl/α,β-unsaturated/α-hetero) is 1. The van der Waals surface area contributed by atoms with Crippen molar-refractivity contribution in [2.75, 3.05) is 27.4 Å². The van der Waals surface area contributed by atoms with E-state index in [1.54, 1.807) is 18.2 Å². The predicted octanol–water partition coefficient (Wildman–Crippen LogP) is 5.38. The molecule has 248 valence electrons. The number of nitrogens with zero attached hydrogens (tertiary/aromatic N) is 1. The minimum absolute atomic E-state index is 0.00914. The molecule has 48 heavy (non-hydrogen) atoms. The Kier molecular flexibility index (Phi) is 6.92. The van der Waals surface area contributed by atoms with Gasteiger partial charge in [0, 0.05) is 29.4 Å². The third-order valence-electron chi connectivity index (χ3n) is 10.1. The van der Waals surface area contributed by atoms with Gasteiger partial charge in [0.15, 0.2) is 17.7 Å². The Morgan fingerprint density at radius 1 is 1.06 bits per heavy atom. The summed E-state index contributed by atoms with van der Waals surface area (Å²) in [5.41, 5.74) is 1.68. The highest BCUT2D eigenvalue weighted by Crippen LogP contribution is 2.62. The molecular formula is C36H32FNO10. The van der Waals surface area contributed by atoms with Crippen molar-refractivity contribution in [3.8, 4) is 28.5 Å². The van der Waals surface area contributed by atoms with Crippen molar-refractivity contribution in [2.24, 2.45) is 11.3 Å². The normalized spacial score (nSPS) is 25.8. The van der Waals surface area contributed by atoms with Crippen molar-refractivity contribution < 1.29 is 52.4 Å². The van der Waals surface area contributed by atoms with E-state index in [2.05, 4.69) is 5.16 Å². The number of carbonyl (C=O) groups is 2. The number of aromatic hydroxyl groups is 1. The molecule has 4 aliphatic carbocycles. The number of aryl methyl sites for hydroxylation is 1. The number of carbonyl (C=O) groups excluding carboxylic acids is 2. The van der Waals surface area contributed by atoms with E-state index in [0.717, 1.165) is 5.56 Å². The van der Waals surface area contributed by atoms with Crippen LogP contribution < -0.4 is 9.47 Å². The summed E-state index contributed by atoms with van der Waals surface area (Å²) in [4.78, 5) is 27.1. The maximum Gasteiger partial charge on any atom is 0.303 e. The molecular weight excluding hydrogens is 625 g/mol. The lowest BCUT2D eigenvalue weighted by Gasteiger charge is -2.50. The molecule has 3 unspecified atom stereocenters. The summed E-state index contributed by atoms with van der Waals surface area (Å²) in [6, 6.07) is 7.74. The van der Waals surface area contributed by atoms with Gasteiger partial charge >= 0.3 is 5.97 Å². The van der Waals surface area contributed by atoms with Gasteiger partial charge in [-0.1, -0.05) is 23.4 Å². The minimum Gasteiger partial charge on any atom is -0.507 e. The van der Waals surface area contributed by atoms with Crippen LogP contribution in [-0.4, -0.2) is 60.7 Å². The highest BCUT2D eigenvalue weighted by molar-refractivity contribution is 6.05. The molecule has 1 spiro atoms. The molecule has 0 amide bonds. The number of halogens is 1. The molecule has 2 N–H and O–H groups in total. The molecule has 1 aliphatic heterocycles. The first-order valence-corrected chi connectivity index (χ1v) is 15.6. The van der Waals surface area contributed by atoms with E-state index in [9.17, 15) is 19.8 Å². The van der Waals surface area contributed by atoms with Gasteiger partial charge in [-0.05, 0) is 48.7 Å². The van der Waals surface area contributed by atoms with Crippen molar-refractivity contribution >= 4 is 22.7 Å². The van der Waals surface area contributed by atoms with E-state index in [-0.39, 0.29) is 51.3 Å². The molecule has 1 saturated heterocycles. The van der Waals surface area contributed by atoms with Crippen LogP contribution in [0.4, 0.5) is 4.39 Å². The summed E-state index contributed by atoms with van der Waals surface area (Å²) in [5, 5.41) is 28.2. The number of ether oxygens (including phenoxy) is 5. The second-order valence-electron chi connectivity index (χ2n) is 12.7. The number of fused-ring (bicyclic) bond motifs is 2. The first-order valence-electron chi connectivity index (χ1n) is 15.6. The highest BCUT2D eigenvalue weighted by atomic mass is 19.1. The quantitative estimate of drug-likeness (QED) is 0.211. The van der Waals surface area contributed by atoms with Gasteiger partial charge in [0.05, 0.1) is 61.5 Å². The van der Waals surface area contributed by atoms with Crippen LogP contribution in [0.2, 0.25) is 0 Å². The largest absolute Gasteiger partial charge is 0.507 e. The Labute approximate surface area is 273 Å². The monoisotopic (exact) mass is 657 g/mol. The third-order valence-corrected chi connectivity index (χ3v) is 10.1. The van der Waals surface area contributed by atoms with Crippen LogP contribution in [0.25, 0.3) is 22.2 Å². The number of aliphatic hydroxyl groups excluding tert-OH is 1. The fraction of sp³-hybridized carbons (Fsp3) is 0.361. The number of ketones is 1. The molecule has 0 radical (unpaired) electrons. The third kappa shape index (κ3) is 4.12. The zero-order valence-corrected chi connectivity index (χ0v) is 26.5. The van der Waals surface area contributed by atoms with E-state index >= 15 is 4.39 Å². The van der Waals surface area contributed by atoms with Crippen molar-refractivity contribution in [1.29, 1.82) is 0 Å². The second-order valence-corrected chi connectivity index (χ2v) is 12.7. The number of benzene rings is 3. The molecule has 1 aromatic heterocycles. The van der Waals surface area contributed by atoms with Gasteiger partial charge in [0.1, 0.15) is 34.9 Å². The lowest BCUT2D eigenvalue weighted by atomic mass is 9.55. The van der Waals surface area contributed by atoms with E-state index < -0.39 is 47.5 Å². The van der Waals surface area contributed by atoms with Crippen molar-refractivity contribution in [3.05, 3.63) is 81.7 Å². The summed E-state index contributed by atoms with van der Waals surface area (Å²) in [7, 11) is 2.90. The van der Waals surface area contributed by atoms with Crippen LogP contribution in [0.15, 0.2) is 47.0 Å². The second kappa shape index (κ2) is 10.9. The number of phenolic OH excluding ortho intramolecular Hbond substituents is 1. The van der Waals surface area contributed by atoms with Crippen LogP contribution in [0.1, 0.15) is 63.4 Å². The number of esters is 1. The number of aliphatic hydroxyl groups is 1. The lowest BCUT2D eigenvalue weighted by molar-refractivity contribution is -0.157. The van der Waals surface area contributed by atoms with Gasteiger partial charge in [0.2, 0.25) is 0 Å². The Hall–Kier alpha value is -4.78. The lowest BCUT2D eigenvalue weighted by Crippen LogP contribution is -2.53. The first kappa shape index (κ1) is 30.5. The Bertz CT molecular complexity index is 2060. The first-order chi connectivity index (χ1) is 23.1. The number of hydrogen-bond acceptors (Lipinski definition) is 11. The summed E-state index contributed by atoms with van der Waals surface area (Å²) >= 11 is 0. The minimum atomic E-state index is -1.30. The van der Waals surface area contributed by atoms with Crippen LogP contribution in [0.5, 0.6) is 17.2 Å². The summed E-state index contributed by atoms with van der Waals surface area (Å²) in [6.45, 7) is 3.73. The highest BCUT2D eigenvalue weighted by Gasteiger charge is 2.62. The summed E-state index contributed by atoms with van der Waals surface area (Å²) < 4.78 is 50.4. The molecule has 5 atom stereocenters. The Morgan fingerprint density at radius 2 is 1.81 bits per heavy atom. The Morgan fingerprint density at radius 3 is 2.52 bits per heavy atom. The standard InChI is InChI=1S/C36H32FNO10/c1-15-11-19-25(23(12-15)44-4)32(42)29-31(41)18-7-8-36(29,34(19)47-16(2)39)14-17-13-21(40)27-30(38-48-33(27)24(17)18)26-20(37)5-6-22(43-3)28(26)35-45-9-10-46-35/h5-8,11-13,18,29,31,34-35,40-41H,9-10,14H2,1-4H3/t18?,29?,31-,34-,36?/m0/s1. The average Bonchev–Trinajstić information content (AvgIpc) is 3.69. The fourth-order valence-corrected chi connectivity index (χ4v) is 8.34. The topological polar surface area (TPSA) is 147 Å². The zero-order chi connectivity index (χ0) is 33.6. The molecule has 11 nitrogen and oxygen atoms in total. The van der Waals surface area contributed by atoms with Gasteiger partial charge in [-0.3, -0.25) is 9.59 Å². The number of methoxy groups -OCH3 is 2. The molecule has 3 aromatic carbocycles. The molecule has 2 heterocycles. The molecule has 12 heteroatoms. The molecule has 4 aromatic rings. The number of rotatable bonds is 5. The van der Waals surface area contributed by atoms with Crippen LogP contribution >= 0.6 is 0 Å². The van der Waals surface area contributed by atoms with Gasteiger partial charge in [-0.2, -0.15) is 0 Å². The van der Waals surface area contributed by atoms with Crippen molar-refractivity contribution in [1.82, 2.24) is 5.16 Å². The molecule has 2 bridgehead atoms. The van der Waals surface area contributed by atoms with Gasteiger partial charge in [-0.15, -0.1) is 0 Å². The molecule has 1 fully saturated rings. The molecule has 5 aliphatic rings. The zero-order valence-electron chi connectivity index (χ0n) is 26.5. The van der Waals surface area contributed by atoms with Crippen molar-refractivity contribution in [2.45, 2.75) is 44.7 Å². The summed E-state index contributed by atoms with van der Waals surface area (Å²) in [5.74, 6) is -3.06. The number of hydrogen-bond donors (Lipinski definition) is 2. The van der Waals surface area contributed by atoms with Gasteiger partial charge in [0.25, 0.3) is 0 Å². The molecule has 9 rings (SSSR count). The van der Waals surface area contributed by atoms with Crippen LogP contribution in [0.3, 0.4) is 0 Å². The van der Waals surface area contributed by atoms with Crippen molar-refractivity contribution in [3.63, 3.8) is 0 Å². The van der Waals surface area contributed by atoms with E-state index in [4.69, 9.17) is 28.2 Å². The smallest absolute Gasteiger partial charge is 0.303 e. The Balaban J connectivity index is 1.36. The number of phenols is 1. The maximum atomic E-state index is 15.8. The summed E-state index contributed by atoms with van der Waals surface area (Å²) in [6.07, 6.45) is 0.500. The van der Waals surface area contributed by atoms with E-state index in [1.165, 1.54) is 39.3 Å². The van der Waals surface area contributed by atoms with Gasteiger partial charge in [-0.25, -0.2) is 4.39 Å². The van der Waals surface area contributed by atoms with Crippen LogP contribution in [0, 0.1) is 24.1 Å². The van der Waals surface area contributed by atoms with E-state index in [1.807, 2.05) is 13.0 Å². The predicted molar refractivity (Wildman–Crippen MR) is 166 cm³/mol.